The maximum atomic E-state index is 12.7. The molecule has 1 fully saturated rings. The highest BCUT2D eigenvalue weighted by Gasteiger charge is 2.66. The Hall–Kier alpha value is -1.27. The van der Waals surface area contributed by atoms with E-state index in [1.54, 1.807) is 6.07 Å². The summed E-state index contributed by atoms with van der Waals surface area (Å²) >= 11 is 0. The van der Waals surface area contributed by atoms with Crippen LogP contribution in [0.4, 0.5) is 5.69 Å². The number of nitrogens with two attached hydrogens (primary N) is 1. The van der Waals surface area contributed by atoms with Crippen LogP contribution in [-0.4, -0.2) is 21.6 Å². The van der Waals surface area contributed by atoms with Crippen molar-refractivity contribution in [3.05, 3.63) is 17.7 Å². The number of sulfonamides is 1. The second kappa shape index (κ2) is 4.61. The molecule has 1 aliphatic carbocycles. The van der Waals surface area contributed by atoms with Crippen LogP contribution in [0.25, 0.3) is 0 Å². The lowest BCUT2D eigenvalue weighted by atomic mass is 10.0. The van der Waals surface area contributed by atoms with E-state index in [0.717, 1.165) is 5.56 Å². The molecular formula is C15H24N2O3S. The molecule has 0 atom stereocenters. The smallest absolute Gasteiger partial charge is 0.244 e. The molecule has 1 aromatic carbocycles. The zero-order valence-corrected chi connectivity index (χ0v) is 14.3. The van der Waals surface area contributed by atoms with Crippen LogP contribution < -0.4 is 15.2 Å². The first-order valence-corrected chi connectivity index (χ1v) is 8.40. The zero-order valence-electron chi connectivity index (χ0n) is 13.4. The van der Waals surface area contributed by atoms with Gasteiger partial charge in [0.2, 0.25) is 10.0 Å². The van der Waals surface area contributed by atoms with Crippen LogP contribution >= 0.6 is 0 Å². The minimum absolute atomic E-state index is 0.0798. The third-order valence-corrected chi connectivity index (χ3v) is 6.58. The monoisotopic (exact) mass is 312 g/mol. The maximum Gasteiger partial charge on any atom is 0.244 e. The van der Waals surface area contributed by atoms with Gasteiger partial charge in [0.15, 0.2) is 0 Å². The first-order valence-electron chi connectivity index (χ1n) is 6.91. The van der Waals surface area contributed by atoms with Gasteiger partial charge >= 0.3 is 0 Å². The van der Waals surface area contributed by atoms with Gasteiger partial charge in [-0.25, -0.2) is 13.1 Å². The van der Waals surface area contributed by atoms with Crippen LogP contribution in [0.3, 0.4) is 0 Å². The van der Waals surface area contributed by atoms with Crippen LogP contribution in [0, 0.1) is 17.8 Å². The maximum absolute atomic E-state index is 12.7. The molecule has 21 heavy (non-hydrogen) atoms. The first kappa shape index (κ1) is 16.1. The average Bonchev–Trinajstić information content (AvgIpc) is 2.74. The van der Waals surface area contributed by atoms with Crippen molar-refractivity contribution in [2.75, 3.05) is 12.8 Å². The summed E-state index contributed by atoms with van der Waals surface area (Å²) in [6.07, 6.45) is 0. The molecule has 0 saturated heterocycles. The summed E-state index contributed by atoms with van der Waals surface area (Å²) < 4.78 is 33.3. The highest BCUT2D eigenvalue weighted by Crippen LogP contribution is 2.63. The number of ether oxygens (including phenoxy) is 1. The van der Waals surface area contributed by atoms with Crippen molar-refractivity contribution < 1.29 is 13.2 Å². The number of methoxy groups -OCH3 is 1. The molecule has 5 nitrogen and oxygen atoms in total. The lowest BCUT2D eigenvalue weighted by Gasteiger charge is -2.14. The van der Waals surface area contributed by atoms with Gasteiger partial charge < -0.3 is 10.5 Å². The minimum atomic E-state index is -3.68. The SMILES string of the molecule is COc1cc(C)c(N)cc1S(=O)(=O)NC1C(C)(C)C1(C)C. The average molecular weight is 312 g/mol. The molecule has 0 aromatic heterocycles. The molecule has 0 aliphatic heterocycles. The molecule has 3 N–H and O–H groups in total. The third-order valence-electron chi connectivity index (χ3n) is 5.14. The number of aryl methyl sites for hydroxylation is 1. The van der Waals surface area contributed by atoms with Crippen molar-refractivity contribution in [3.8, 4) is 5.75 Å². The lowest BCUT2D eigenvalue weighted by molar-refractivity contribution is 0.402. The standard InChI is InChI=1S/C15H24N2O3S/c1-9-7-11(20-6)12(8-10(9)16)21(18,19)17-13-14(2,3)15(13,4)5/h7-8,13,17H,16H2,1-6H3. The van der Waals surface area contributed by atoms with E-state index < -0.39 is 10.0 Å². The van der Waals surface area contributed by atoms with E-state index in [1.807, 2.05) is 6.92 Å². The number of rotatable bonds is 4. The Kier molecular flexibility index (Phi) is 3.54. The zero-order chi connectivity index (χ0) is 16.2. The molecule has 0 amide bonds. The Morgan fingerprint density at radius 2 is 1.71 bits per heavy atom. The predicted octanol–water partition coefficient (Wildman–Crippen LogP) is 2.30. The van der Waals surface area contributed by atoms with Gasteiger partial charge in [0.25, 0.3) is 0 Å². The second-order valence-electron chi connectivity index (χ2n) is 6.86. The number of benzene rings is 1. The fourth-order valence-corrected chi connectivity index (χ4v) is 4.47. The molecule has 1 aliphatic rings. The highest BCUT2D eigenvalue weighted by molar-refractivity contribution is 7.89. The Balaban J connectivity index is 2.40. The van der Waals surface area contributed by atoms with Crippen molar-refractivity contribution in [1.82, 2.24) is 4.72 Å². The van der Waals surface area contributed by atoms with E-state index in [0.29, 0.717) is 11.4 Å². The van der Waals surface area contributed by atoms with E-state index in [1.165, 1.54) is 13.2 Å². The van der Waals surface area contributed by atoms with Gasteiger partial charge in [0, 0.05) is 11.7 Å². The van der Waals surface area contributed by atoms with Crippen LogP contribution in [0.5, 0.6) is 5.75 Å². The van der Waals surface area contributed by atoms with E-state index >= 15 is 0 Å². The van der Waals surface area contributed by atoms with Gasteiger partial charge in [0.1, 0.15) is 10.6 Å². The molecule has 0 radical (unpaired) electrons. The summed E-state index contributed by atoms with van der Waals surface area (Å²) in [6.45, 7) is 10.0. The van der Waals surface area contributed by atoms with Gasteiger partial charge in [-0.15, -0.1) is 0 Å². The van der Waals surface area contributed by atoms with Crippen molar-refractivity contribution in [2.24, 2.45) is 10.8 Å². The summed E-state index contributed by atoms with van der Waals surface area (Å²) in [4.78, 5) is 0.0894. The number of nitrogen functional groups attached to an aromatic ring is 1. The normalized spacial score (nSPS) is 20.3. The number of hydrogen-bond acceptors (Lipinski definition) is 4. The van der Waals surface area contributed by atoms with Gasteiger partial charge in [0.05, 0.1) is 7.11 Å². The Bertz CT molecular complexity index is 664. The quantitative estimate of drug-likeness (QED) is 0.836. The van der Waals surface area contributed by atoms with Gasteiger partial charge in [-0.3, -0.25) is 0 Å². The summed E-state index contributed by atoms with van der Waals surface area (Å²) in [5.74, 6) is 0.311. The Morgan fingerprint density at radius 3 is 2.14 bits per heavy atom. The minimum Gasteiger partial charge on any atom is -0.495 e. The van der Waals surface area contributed by atoms with E-state index in [2.05, 4.69) is 32.4 Å². The lowest BCUT2D eigenvalue weighted by Crippen LogP contribution is -2.30. The summed E-state index contributed by atoms with van der Waals surface area (Å²) in [6, 6.07) is 2.99. The van der Waals surface area contributed by atoms with Crippen molar-refractivity contribution in [2.45, 2.75) is 45.6 Å². The first-order chi connectivity index (χ1) is 9.45. The van der Waals surface area contributed by atoms with Gasteiger partial charge in [-0.05, 0) is 35.4 Å². The molecule has 0 spiro atoms. The number of hydrogen-bond donors (Lipinski definition) is 2. The third kappa shape index (κ3) is 2.40. The van der Waals surface area contributed by atoms with E-state index in [-0.39, 0.29) is 21.8 Å². The Labute approximate surface area is 126 Å². The summed E-state index contributed by atoms with van der Waals surface area (Å²) in [7, 11) is -2.22. The molecule has 0 heterocycles. The van der Waals surface area contributed by atoms with Gasteiger partial charge in [-0.1, -0.05) is 27.7 Å². The van der Waals surface area contributed by atoms with Crippen molar-refractivity contribution in [1.29, 1.82) is 0 Å². The predicted molar refractivity (Wildman–Crippen MR) is 83.8 cm³/mol. The fourth-order valence-electron chi connectivity index (χ4n) is 2.76. The molecule has 0 unspecified atom stereocenters. The summed E-state index contributed by atoms with van der Waals surface area (Å²) in [5, 5.41) is 0. The largest absolute Gasteiger partial charge is 0.495 e. The van der Waals surface area contributed by atoms with Crippen LogP contribution in [-0.2, 0) is 10.0 Å². The van der Waals surface area contributed by atoms with Crippen molar-refractivity contribution >= 4 is 15.7 Å². The number of anilines is 1. The molecular weight excluding hydrogens is 288 g/mol. The Morgan fingerprint density at radius 1 is 1.19 bits per heavy atom. The van der Waals surface area contributed by atoms with Crippen molar-refractivity contribution in [3.63, 3.8) is 0 Å². The van der Waals surface area contributed by atoms with E-state index in [4.69, 9.17) is 10.5 Å². The molecule has 1 saturated carbocycles. The molecule has 2 rings (SSSR count). The van der Waals surface area contributed by atoms with Crippen LogP contribution in [0.15, 0.2) is 17.0 Å². The molecule has 6 heteroatoms. The highest BCUT2D eigenvalue weighted by atomic mass is 32.2. The molecule has 1 aromatic rings. The topological polar surface area (TPSA) is 81.4 Å². The van der Waals surface area contributed by atoms with Crippen LogP contribution in [0.1, 0.15) is 33.3 Å². The second-order valence-corrected chi connectivity index (χ2v) is 8.54. The van der Waals surface area contributed by atoms with Crippen LogP contribution in [0.2, 0.25) is 0 Å². The summed E-state index contributed by atoms with van der Waals surface area (Å²) in [5.41, 5.74) is 6.91. The van der Waals surface area contributed by atoms with Gasteiger partial charge in [-0.2, -0.15) is 0 Å². The molecule has 118 valence electrons. The number of nitrogens with one attached hydrogen (secondary N) is 1. The molecule has 0 bridgehead atoms. The van der Waals surface area contributed by atoms with E-state index in [9.17, 15) is 8.42 Å². The fraction of sp³-hybridized carbons (Fsp3) is 0.600.